The van der Waals surface area contributed by atoms with Crippen LogP contribution < -0.4 is 0 Å². The van der Waals surface area contributed by atoms with E-state index < -0.39 is 28.9 Å². The molecule has 6 heteroatoms. The normalized spacial score (nSPS) is 13.8. The lowest BCUT2D eigenvalue weighted by molar-refractivity contribution is -0.177. The fourth-order valence-electron chi connectivity index (χ4n) is 2.66. The van der Waals surface area contributed by atoms with Gasteiger partial charge in [-0.1, -0.05) is 36.4 Å². The summed E-state index contributed by atoms with van der Waals surface area (Å²) in [6.07, 6.45) is -0.121. The van der Waals surface area contributed by atoms with Crippen molar-refractivity contribution in [3.63, 3.8) is 0 Å². The highest BCUT2D eigenvalue weighted by atomic mass is 19.3. The minimum Gasteiger partial charge on any atom is -0.289 e. The van der Waals surface area contributed by atoms with Crippen molar-refractivity contribution >= 4 is 17.5 Å². The molecule has 0 amide bonds. The van der Waals surface area contributed by atoms with Gasteiger partial charge in [-0.25, -0.2) is 14.1 Å². The number of benzene rings is 2. The lowest BCUT2D eigenvalue weighted by atomic mass is 9.81. The molecule has 2 aromatic carbocycles. The Morgan fingerprint density at radius 2 is 1.50 bits per heavy atom. The maximum Gasteiger partial charge on any atom is 0.383 e. The summed E-state index contributed by atoms with van der Waals surface area (Å²) in [4.78, 5) is 40.0. The van der Waals surface area contributed by atoms with Crippen LogP contribution in [0.15, 0.2) is 59.7 Å². The Morgan fingerprint density at radius 1 is 0.917 bits per heavy atom. The molecule has 0 bridgehead atoms. The maximum absolute atomic E-state index is 13.0. The Morgan fingerprint density at radius 3 is 2.08 bits per heavy atom. The zero-order valence-electron chi connectivity index (χ0n) is 12.2. The third kappa shape index (κ3) is 2.62. The SMILES string of the molecule is O=C(OF)C1=C(Cc2ccc(F)cc2)C(=O)c2ccccc2C1=O. The van der Waals surface area contributed by atoms with Crippen molar-refractivity contribution in [2.75, 3.05) is 0 Å². The first-order valence-corrected chi connectivity index (χ1v) is 7.02. The van der Waals surface area contributed by atoms with Gasteiger partial charge < -0.3 is 0 Å². The molecule has 0 N–H and O–H groups in total. The van der Waals surface area contributed by atoms with Crippen molar-refractivity contribution in [1.29, 1.82) is 0 Å². The molecule has 0 heterocycles. The van der Waals surface area contributed by atoms with E-state index in [4.69, 9.17) is 0 Å². The molecule has 0 aromatic heterocycles. The van der Waals surface area contributed by atoms with E-state index in [1.807, 2.05) is 0 Å². The number of Topliss-reactive ketones (excluding diaryl/α,β-unsaturated/α-hetero) is 2. The Labute approximate surface area is 135 Å². The summed E-state index contributed by atoms with van der Waals surface area (Å²) in [7, 11) is 0. The maximum atomic E-state index is 13.0. The summed E-state index contributed by atoms with van der Waals surface area (Å²) < 4.78 is 25.4. The van der Waals surface area contributed by atoms with E-state index in [-0.39, 0.29) is 23.1 Å². The topological polar surface area (TPSA) is 60.4 Å². The zero-order chi connectivity index (χ0) is 17.3. The van der Waals surface area contributed by atoms with Crippen LogP contribution in [0.3, 0.4) is 0 Å². The van der Waals surface area contributed by atoms with E-state index in [0.29, 0.717) is 5.56 Å². The third-order valence-electron chi connectivity index (χ3n) is 3.79. The molecule has 4 nitrogen and oxygen atoms in total. The summed E-state index contributed by atoms with van der Waals surface area (Å²) >= 11 is 0. The molecule has 24 heavy (non-hydrogen) atoms. The largest absolute Gasteiger partial charge is 0.383 e. The van der Waals surface area contributed by atoms with Crippen LogP contribution in [0.2, 0.25) is 0 Å². The molecule has 0 saturated heterocycles. The Hall–Kier alpha value is -3.15. The molecule has 1 aliphatic rings. The highest BCUT2D eigenvalue weighted by Gasteiger charge is 2.36. The Balaban J connectivity index is 2.13. The molecule has 120 valence electrons. The molecule has 0 aliphatic heterocycles. The van der Waals surface area contributed by atoms with Gasteiger partial charge >= 0.3 is 5.97 Å². The van der Waals surface area contributed by atoms with Crippen LogP contribution in [0.25, 0.3) is 0 Å². The zero-order valence-corrected chi connectivity index (χ0v) is 12.2. The number of hydrogen-bond donors (Lipinski definition) is 0. The van der Waals surface area contributed by atoms with Crippen LogP contribution >= 0.6 is 0 Å². The van der Waals surface area contributed by atoms with Crippen molar-refractivity contribution in [1.82, 2.24) is 0 Å². The lowest BCUT2D eigenvalue weighted by Gasteiger charge is -2.19. The molecule has 0 radical (unpaired) electrons. The Bertz CT molecular complexity index is 882. The first kappa shape index (κ1) is 15.7. The van der Waals surface area contributed by atoms with Gasteiger partial charge in [0.2, 0.25) is 5.78 Å². The molecule has 1 aliphatic carbocycles. The van der Waals surface area contributed by atoms with Crippen molar-refractivity contribution in [3.8, 4) is 0 Å². The molecular weight excluding hydrogens is 318 g/mol. The number of carbonyl (C=O) groups is 3. The first-order valence-electron chi connectivity index (χ1n) is 7.02. The Kier molecular flexibility index (Phi) is 4.04. The number of carbonyl (C=O) groups excluding carboxylic acids is 3. The predicted octanol–water partition coefficient (Wildman–Crippen LogP) is 3.17. The molecule has 0 fully saturated rings. The van der Waals surface area contributed by atoms with Gasteiger partial charge in [0.1, 0.15) is 11.4 Å². The molecule has 0 spiro atoms. The second-order valence-corrected chi connectivity index (χ2v) is 5.23. The molecule has 0 unspecified atom stereocenters. The van der Waals surface area contributed by atoms with Gasteiger partial charge in [-0.15, -0.1) is 0 Å². The third-order valence-corrected chi connectivity index (χ3v) is 3.79. The molecular formula is C18H10F2O4. The van der Waals surface area contributed by atoms with E-state index in [1.54, 1.807) is 6.07 Å². The van der Waals surface area contributed by atoms with Crippen LogP contribution in [0, 0.1) is 5.82 Å². The number of allylic oxidation sites excluding steroid dienone is 1. The number of rotatable bonds is 3. The summed E-state index contributed by atoms with van der Waals surface area (Å²) in [5.74, 6) is -3.31. The average molecular weight is 328 g/mol. The second-order valence-electron chi connectivity index (χ2n) is 5.23. The summed E-state index contributed by atoms with van der Waals surface area (Å²) in [6, 6.07) is 11.2. The summed E-state index contributed by atoms with van der Waals surface area (Å²) in [5.41, 5.74) is -0.157. The summed E-state index contributed by atoms with van der Waals surface area (Å²) in [6.45, 7) is 0. The minimum atomic E-state index is -1.51. The summed E-state index contributed by atoms with van der Waals surface area (Å²) in [5, 5.41) is 0. The van der Waals surface area contributed by atoms with Gasteiger partial charge in [0, 0.05) is 27.6 Å². The predicted molar refractivity (Wildman–Crippen MR) is 79.4 cm³/mol. The van der Waals surface area contributed by atoms with Crippen LogP contribution in [-0.2, 0) is 16.2 Å². The fourth-order valence-corrected chi connectivity index (χ4v) is 2.66. The number of ketones is 2. The number of halogens is 2. The minimum absolute atomic E-state index is 0.0192. The monoisotopic (exact) mass is 328 g/mol. The highest BCUT2D eigenvalue weighted by Crippen LogP contribution is 2.29. The van der Waals surface area contributed by atoms with Crippen molar-refractivity contribution in [2.45, 2.75) is 6.42 Å². The van der Waals surface area contributed by atoms with Crippen LogP contribution in [0.1, 0.15) is 26.3 Å². The van der Waals surface area contributed by atoms with E-state index in [1.165, 1.54) is 42.5 Å². The van der Waals surface area contributed by atoms with E-state index in [2.05, 4.69) is 4.94 Å². The van der Waals surface area contributed by atoms with Gasteiger partial charge in [-0.3, -0.25) is 9.59 Å². The standard InChI is InChI=1S/C18H10F2O4/c19-11-7-5-10(6-8-11)9-14-15(18(23)24-20)17(22)13-4-2-1-3-12(13)16(14)21/h1-8H,9H2. The van der Waals surface area contributed by atoms with Crippen LogP contribution in [0.5, 0.6) is 0 Å². The first-order chi connectivity index (χ1) is 11.5. The second kappa shape index (κ2) is 6.16. The fraction of sp³-hybridized carbons (Fsp3) is 0.0556. The van der Waals surface area contributed by atoms with Gasteiger partial charge in [0.15, 0.2) is 5.78 Å². The van der Waals surface area contributed by atoms with Gasteiger partial charge in [0.05, 0.1) is 0 Å². The molecule has 0 saturated carbocycles. The van der Waals surface area contributed by atoms with E-state index in [0.717, 1.165) is 0 Å². The van der Waals surface area contributed by atoms with Gasteiger partial charge in [-0.05, 0) is 17.7 Å². The quantitative estimate of drug-likeness (QED) is 0.812. The van der Waals surface area contributed by atoms with Crippen molar-refractivity contribution in [2.24, 2.45) is 0 Å². The number of hydrogen-bond acceptors (Lipinski definition) is 4. The molecule has 3 rings (SSSR count). The van der Waals surface area contributed by atoms with E-state index in [9.17, 15) is 23.3 Å². The average Bonchev–Trinajstić information content (AvgIpc) is 2.61. The van der Waals surface area contributed by atoms with Crippen LogP contribution in [-0.4, -0.2) is 17.5 Å². The van der Waals surface area contributed by atoms with Gasteiger partial charge in [-0.2, -0.15) is 0 Å². The lowest BCUT2D eigenvalue weighted by Crippen LogP contribution is -2.27. The van der Waals surface area contributed by atoms with E-state index >= 15 is 0 Å². The van der Waals surface area contributed by atoms with Gasteiger partial charge in [0.25, 0.3) is 0 Å². The van der Waals surface area contributed by atoms with Crippen molar-refractivity contribution in [3.05, 3.63) is 82.2 Å². The molecule has 2 aromatic rings. The van der Waals surface area contributed by atoms with Crippen LogP contribution in [0.4, 0.5) is 8.92 Å². The smallest absolute Gasteiger partial charge is 0.289 e. The highest BCUT2D eigenvalue weighted by molar-refractivity contribution is 6.35. The van der Waals surface area contributed by atoms with Crippen molar-refractivity contribution < 1.29 is 28.2 Å². The molecule has 0 atom stereocenters. The number of fused-ring (bicyclic) bond motifs is 1.